The van der Waals surface area contributed by atoms with Crippen molar-refractivity contribution in [2.75, 3.05) is 6.61 Å². The minimum Gasteiger partial charge on any atom is -0.388 e. The van der Waals surface area contributed by atoms with Gasteiger partial charge in [0.2, 0.25) is 0 Å². The first-order valence-electron chi connectivity index (χ1n) is 5.00. The summed E-state index contributed by atoms with van der Waals surface area (Å²) in [5.41, 5.74) is 0.272. The second-order valence-corrected chi connectivity index (χ2v) is 4.29. The fourth-order valence-corrected chi connectivity index (χ4v) is 1.02. The second kappa shape index (κ2) is 5.36. The Labute approximate surface area is 101 Å². The second-order valence-electron chi connectivity index (χ2n) is 4.29. The summed E-state index contributed by atoms with van der Waals surface area (Å²) in [7, 11) is 0. The summed E-state index contributed by atoms with van der Waals surface area (Å²) in [5.74, 6) is -5.54. The minimum atomic E-state index is -1.65. The first kappa shape index (κ1) is 14.5. The highest BCUT2D eigenvalue weighted by molar-refractivity contribution is 5.93. The lowest BCUT2D eigenvalue weighted by Gasteiger charge is -2.16. The maximum absolute atomic E-state index is 12.8. The molecule has 1 amide bonds. The Kier molecular flexibility index (Phi) is 4.31. The van der Waals surface area contributed by atoms with Gasteiger partial charge in [0.25, 0.3) is 5.91 Å². The highest BCUT2D eigenvalue weighted by Crippen LogP contribution is 2.13. The Morgan fingerprint density at radius 3 is 2.28 bits per heavy atom. The number of carbonyl (C=O) groups is 1. The molecule has 1 rings (SSSR count). The number of hydrogen-bond donors (Lipinski definition) is 2. The summed E-state index contributed by atoms with van der Waals surface area (Å²) in [6, 6.07) is 1.09. The summed E-state index contributed by atoms with van der Waals surface area (Å²) in [4.78, 5) is 16.0. The van der Waals surface area contributed by atoms with Gasteiger partial charge in [0.1, 0.15) is 6.61 Å². The topological polar surface area (TPSA) is 58.6 Å². The molecule has 0 bridgehead atoms. The number of hydroxylamine groups is 1. The number of hydrogen-bond acceptors (Lipinski definition) is 3. The van der Waals surface area contributed by atoms with E-state index in [1.807, 2.05) is 5.48 Å². The van der Waals surface area contributed by atoms with Crippen molar-refractivity contribution in [1.82, 2.24) is 5.48 Å². The lowest BCUT2D eigenvalue weighted by Crippen LogP contribution is -2.33. The largest absolute Gasteiger partial charge is 0.388 e. The predicted octanol–water partition coefficient (Wildman–Crippen LogP) is 1.54. The summed E-state index contributed by atoms with van der Waals surface area (Å²) in [5, 5.41) is 9.28. The third kappa shape index (κ3) is 4.01. The van der Waals surface area contributed by atoms with Crippen LogP contribution in [-0.2, 0) is 4.84 Å². The average molecular weight is 263 g/mol. The van der Waals surface area contributed by atoms with E-state index >= 15 is 0 Å². The van der Waals surface area contributed by atoms with Crippen molar-refractivity contribution < 1.29 is 27.9 Å². The lowest BCUT2D eigenvalue weighted by molar-refractivity contribution is -0.0522. The van der Waals surface area contributed by atoms with E-state index in [9.17, 15) is 23.1 Å². The van der Waals surface area contributed by atoms with Gasteiger partial charge < -0.3 is 5.11 Å². The van der Waals surface area contributed by atoms with Crippen LogP contribution in [0.5, 0.6) is 0 Å². The molecule has 0 heterocycles. The highest BCUT2D eigenvalue weighted by Gasteiger charge is 2.17. The summed E-state index contributed by atoms with van der Waals surface area (Å²) in [6.45, 7) is 2.66. The molecule has 1 aromatic carbocycles. The van der Waals surface area contributed by atoms with E-state index in [1.165, 1.54) is 13.8 Å². The van der Waals surface area contributed by atoms with Gasteiger partial charge in [0.05, 0.1) is 5.60 Å². The summed E-state index contributed by atoms with van der Waals surface area (Å²) < 4.78 is 38.3. The molecule has 0 radical (unpaired) electrons. The quantitative estimate of drug-likeness (QED) is 0.640. The first-order valence-corrected chi connectivity index (χ1v) is 5.00. The van der Waals surface area contributed by atoms with Crippen molar-refractivity contribution in [3.8, 4) is 0 Å². The van der Waals surface area contributed by atoms with Gasteiger partial charge in [-0.2, -0.15) is 0 Å². The van der Waals surface area contributed by atoms with Gasteiger partial charge in [-0.05, 0) is 26.0 Å². The molecule has 1 aromatic rings. The molecule has 0 aliphatic rings. The predicted molar refractivity (Wildman–Crippen MR) is 56.0 cm³/mol. The highest BCUT2D eigenvalue weighted by atomic mass is 19.2. The van der Waals surface area contributed by atoms with Gasteiger partial charge in [0.15, 0.2) is 17.5 Å². The zero-order chi connectivity index (χ0) is 13.9. The van der Waals surface area contributed by atoms with E-state index < -0.39 is 34.5 Å². The third-order valence-corrected chi connectivity index (χ3v) is 1.84. The summed E-state index contributed by atoms with van der Waals surface area (Å²) in [6.07, 6.45) is 0. The van der Waals surface area contributed by atoms with Crippen LogP contribution < -0.4 is 5.48 Å². The molecule has 0 aromatic heterocycles. The Balaban J connectivity index is 2.68. The van der Waals surface area contributed by atoms with Crippen molar-refractivity contribution in [3.63, 3.8) is 0 Å². The van der Waals surface area contributed by atoms with Gasteiger partial charge >= 0.3 is 0 Å². The fraction of sp³-hybridized carbons (Fsp3) is 0.364. The molecule has 100 valence electrons. The van der Waals surface area contributed by atoms with E-state index in [1.54, 1.807) is 0 Å². The Hall–Kier alpha value is -1.60. The number of benzene rings is 1. The number of rotatable bonds is 4. The fourth-order valence-electron chi connectivity index (χ4n) is 1.02. The molecule has 0 saturated heterocycles. The van der Waals surface area contributed by atoms with Crippen LogP contribution in [0.1, 0.15) is 24.2 Å². The van der Waals surface area contributed by atoms with Crippen LogP contribution in [-0.4, -0.2) is 23.2 Å². The summed E-state index contributed by atoms with van der Waals surface area (Å²) >= 11 is 0. The number of carbonyl (C=O) groups excluding carboxylic acids is 1. The standard InChI is InChI=1S/C11H12F3NO3/c1-11(2,17)5-18-15-10(16)6-3-7(12)9(14)8(13)4-6/h3-4,17H,5H2,1-2H3,(H,15,16). The molecule has 0 saturated carbocycles. The molecular formula is C11H12F3NO3. The Morgan fingerprint density at radius 2 is 1.83 bits per heavy atom. The van der Waals surface area contributed by atoms with Crippen molar-refractivity contribution in [2.45, 2.75) is 19.4 Å². The molecule has 0 unspecified atom stereocenters. The van der Waals surface area contributed by atoms with Gasteiger partial charge in [-0.15, -0.1) is 0 Å². The van der Waals surface area contributed by atoms with Crippen LogP contribution in [0, 0.1) is 17.5 Å². The van der Waals surface area contributed by atoms with Crippen molar-refractivity contribution in [2.24, 2.45) is 0 Å². The van der Waals surface area contributed by atoms with Crippen LogP contribution in [0.15, 0.2) is 12.1 Å². The van der Waals surface area contributed by atoms with Gasteiger partial charge in [-0.25, -0.2) is 18.7 Å². The smallest absolute Gasteiger partial charge is 0.275 e. The molecule has 0 aliphatic heterocycles. The maximum atomic E-state index is 12.8. The number of halogens is 3. The zero-order valence-electron chi connectivity index (χ0n) is 9.76. The number of nitrogens with one attached hydrogen (secondary N) is 1. The Morgan fingerprint density at radius 1 is 1.33 bits per heavy atom. The van der Waals surface area contributed by atoms with Crippen LogP contribution >= 0.6 is 0 Å². The molecule has 4 nitrogen and oxygen atoms in total. The van der Waals surface area contributed by atoms with Crippen molar-refractivity contribution in [1.29, 1.82) is 0 Å². The molecular weight excluding hydrogens is 251 g/mol. The van der Waals surface area contributed by atoms with E-state index in [4.69, 9.17) is 0 Å². The maximum Gasteiger partial charge on any atom is 0.275 e. The normalized spacial score (nSPS) is 11.4. The molecule has 0 fully saturated rings. The van der Waals surface area contributed by atoms with Crippen LogP contribution in [0.2, 0.25) is 0 Å². The average Bonchev–Trinajstić information content (AvgIpc) is 2.23. The first-order chi connectivity index (χ1) is 8.20. The molecule has 2 N–H and O–H groups in total. The van der Waals surface area contributed by atoms with Crippen LogP contribution in [0.3, 0.4) is 0 Å². The molecule has 0 spiro atoms. The molecule has 0 atom stereocenters. The van der Waals surface area contributed by atoms with Crippen LogP contribution in [0.25, 0.3) is 0 Å². The number of aliphatic hydroxyl groups is 1. The molecule has 18 heavy (non-hydrogen) atoms. The Bertz CT molecular complexity index is 434. The zero-order valence-corrected chi connectivity index (χ0v) is 9.76. The van der Waals surface area contributed by atoms with Gasteiger partial charge in [0, 0.05) is 5.56 Å². The van der Waals surface area contributed by atoms with E-state index in [0.717, 1.165) is 0 Å². The lowest BCUT2D eigenvalue weighted by atomic mass is 10.2. The van der Waals surface area contributed by atoms with Gasteiger partial charge in [-0.1, -0.05) is 0 Å². The SMILES string of the molecule is CC(C)(O)CONC(=O)c1cc(F)c(F)c(F)c1. The number of amides is 1. The van der Waals surface area contributed by atoms with Gasteiger partial charge in [-0.3, -0.25) is 9.63 Å². The minimum absolute atomic E-state index is 0.217. The third-order valence-electron chi connectivity index (χ3n) is 1.84. The molecule has 7 heteroatoms. The monoisotopic (exact) mass is 263 g/mol. The van der Waals surface area contributed by atoms with E-state index in [-0.39, 0.29) is 6.61 Å². The van der Waals surface area contributed by atoms with E-state index in [2.05, 4.69) is 4.84 Å². The van der Waals surface area contributed by atoms with Crippen molar-refractivity contribution in [3.05, 3.63) is 35.1 Å². The molecule has 0 aliphatic carbocycles. The van der Waals surface area contributed by atoms with Crippen LogP contribution in [0.4, 0.5) is 13.2 Å². The van der Waals surface area contributed by atoms with Crippen molar-refractivity contribution >= 4 is 5.91 Å². The van der Waals surface area contributed by atoms with E-state index in [0.29, 0.717) is 12.1 Å².